The van der Waals surface area contributed by atoms with Crippen molar-refractivity contribution < 1.29 is 18.9 Å². The Kier molecular flexibility index (Phi) is 7.56. The van der Waals surface area contributed by atoms with E-state index in [1.165, 1.54) is 11.8 Å². The van der Waals surface area contributed by atoms with Crippen molar-refractivity contribution in [2.75, 3.05) is 27.1 Å². The van der Waals surface area contributed by atoms with Crippen molar-refractivity contribution in [3.8, 4) is 23.0 Å². The molecule has 0 aliphatic heterocycles. The maximum absolute atomic E-state index is 5.80. The molecule has 1 heterocycles. The summed E-state index contributed by atoms with van der Waals surface area (Å²) < 4.78 is 24.0. The minimum absolute atomic E-state index is 0.241. The van der Waals surface area contributed by atoms with Crippen LogP contribution in [0.2, 0.25) is 0 Å². The molecule has 9 heteroatoms. The van der Waals surface area contributed by atoms with Crippen molar-refractivity contribution in [2.24, 2.45) is 5.10 Å². The number of nitrogens with zero attached hydrogens (tertiary/aromatic N) is 4. The summed E-state index contributed by atoms with van der Waals surface area (Å²) in [5.74, 6) is 3.04. The summed E-state index contributed by atoms with van der Waals surface area (Å²) in [6, 6.07) is 13.2. The van der Waals surface area contributed by atoms with Gasteiger partial charge in [0.2, 0.25) is 10.9 Å². The molecule has 0 aliphatic rings. The highest BCUT2D eigenvalue weighted by molar-refractivity contribution is 7.98. The lowest BCUT2D eigenvalue weighted by Gasteiger charge is -2.14. The highest BCUT2D eigenvalue weighted by Crippen LogP contribution is 2.38. The number of hydrogen-bond acceptors (Lipinski definition) is 8. The summed E-state index contributed by atoms with van der Waals surface area (Å²) in [4.78, 5) is 0. The van der Waals surface area contributed by atoms with Crippen LogP contribution in [-0.4, -0.2) is 48.2 Å². The lowest BCUT2D eigenvalue weighted by atomic mass is 10.2. The molecule has 30 heavy (non-hydrogen) atoms. The molecule has 3 aromatic rings. The van der Waals surface area contributed by atoms with Crippen LogP contribution in [0.3, 0.4) is 0 Å². The Balaban J connectivity index is 1.87. The van der Waals surface area contributed by atoms with Crippen LogP contribution in [0.4, 0.5) is 0 Å². The second-order valence-electron chi connectivity index (χ2n) is 5.95. The number of hydrogen-bond donors (Lipinski definition) is 0. The Morgan fingerprint density at radius 1 is 1.03 bits per heavy atom. The monoisotopic (exact) mass is 428 g/mol. The first-order chi connectivity index (χ1) is 14.7. The fourth-order valence-corrected chi connectivity index (χ4v) is 3.13. The zero-order valence-corrected chi connectivity index (χ0v) is 18.2. The van der Waals surface area contributed by atoms with E-state index in [1.807, 2.05) is 55.6 Å². The predicted octanol–water partition coefficient (Wildman–Crippen LogP) is 3.88. The van der Waals surface area contributed by atoms with Crippen LogP contribution in [0.15, 0.2) is 52.7 Å². The molecule has 0 spiro atoms. The van der Waals surface area contributed by atoms with E-state index in [4.69, 9.17) is 18.9 Å². The molecule has 158 valence electrons. The van der Waals surface area contributed by atoms with Gasteiger partial charge in [0.15, 0.2) is 17.3 Å². The molecule has 1 aromatic heterocycles. The maximum atomic E-state index is 5.80. The van der Waals surface area contributed by atoms with Crippen molar-refractivity contribution in [1.82, 2.24) is 14.9 Å². The Bertz CT molecular complexity index is 967. The van der Waals surface area contributed by atoms with Gasteiger partial charge in [0.1, 0.15) is 12.4 Å². The van der Waals surface area contributed by atoms with Gasteiger partial charge in [-0.2, -0.15) is 9.78 Å². The molecule has 8 nitrogen and oxygen atoms in total. The van der Waals surface area contributed by atoms with Gasteiger partial charge in [-0.05, 0) is 37.4 Å². The van der Waals surface area contributed by atoms with E-state index in [0.717, 1.165) is 11.3 Å². The lowest BCUT2D eigenvalue weighted by molar-refractivity contribution is 0.288. The van der Waals surface area contributed by atoms with Crippen LogP contribution >= 0.6 is 11.8 Å². The number of ether oxygens (including phenoxy) is 4. The second kappa shape index (κ2) is 10.5. The minimum Gasteiger partial charge on any atom is -0.493 e. The van der Waals surface area contributed by atoms with Gasteiger partial charge < -0.3 is 18.9 Å². The largest absolute Gasteiger partial charge is 0.493 e. The van der Waals surface area contributed by atoms with Gasteiger partial charge in [-0.1, -0.05) is 30.0 Å². The average molecular weight is 429 g/mol. The van der Waals surface area contributed by atoms with E-state index in [1.54, 1.807) is 25.1 Å². The quantitative estimate of drug-likeness (QED) is 0.358. The molecule has 0 aliphatic carbocycles. The van der Waals surface area contributed by atoms with Gasteiger partial charge in [0, 0.05) is 5.56 Å². The van der Waals surface area contributed by atoms with Crippen LogP contribution in [-0.2, 0) is 6.61 Å². The van der Waals surface area contributed by atoms with Gasteiger partial charge in [-0.15, -0.1) is 10.2 Å². The predicted molar refractivity (Wildman–Crippen MR) is 116 cm³/mol. The van der Waals surface area contributed by atoms with E-state index < -0.39 is 0 Å². The number of thioether (sulfide) groups is 1. The summed E-state index contributed by atoms with van der Waals surface area (Å²) in [5, 5.41) is 13.6. The smallest absolute Gasteiger partial charge is 0.211 e. The van der Waals surface area contributed by atoms with Gasteiger partial charge in [-0.3, -0.25) is 0 Å². The SMILES string of the molecule is CCOc1c(OC)cc(/C=N\n2c(COc3ccccc3)nnc2SC)cc1OC. The molecule has 0 amide bonds. The van der Waals surface area contributed by atoms with Crippen molar-refractivity contribution in [2.45, 2.75) is 18.7 Å². The summed E-state index contributed by atoms with van der Waals surface area (Å²) >= 11 is 1.45. The summed E-state index contributed by atoms with van der Waals surface area (Å²) in [5.41, 5.74) is 0.780. The molecule has 0 bridgehead atoms. The first kappa shape index (κ1) is 21.5. The maximum Gasteiger partial charge on any atom is 0.211 e. The Hall–Kier alpha value is -3.20. The number of aromatic nitrogens is 3. The van der Waals surface area contributed by atoms with Crippen LogP contribution in [0.5, 0.6) is 23.0 Å². The van der Waals surface area contributed by atoms with Crippen LogP contribution in [0, 0.1) is 0 Å². The molecule has 0 radical (unpaired) electrons. The first-order valence-electron chi connectivity index (χ1n) is 9.29. The number of benzene rings is 2. The van der Waals surface area contributed by atoms with E-state index >= 15 is 0 Å². The molecule has 2 aromatic carbocycles. The molecule has 0 N–H and O–H groups in total. The van der Waals surface area contributed by atoms with Crippen LogP contribution < -0.4 is 18.9 Å². The zero-order valence-electron chi connectivity index (χ0n) is 17.4. The fourth-order valence-electron chi connectivity index (χ4n) is 2.68. The van der Waals surface area contributed by atoms with Gasteiger partial charge in [-0.25, -0.2) is 0 Å². The van der Waals surface area contributed by atoms with E-state index in [9.17, 15) is 0 Å². The molecule has 0 unspecified atom stereocenters. The van der Waals surface area contributed by atoms with Gasteiger partial charge in [0.05, 0.1) is 27.0 Å². The van der Waals surface area contributed by atoms with Gasteiger partial charge >= 0.3 is 0 Å². The molecule has 0 saturated heterocycles. The first-order valence-corrected chi connectivity index (χ1v) is 10.5. The Morgan fingerprint density at radius 2 is 1.73 bits per heavy atom. The molecule has 0 saturated carbocycles. The minimum atomic E-state index is 0.241. The number of rotatable bonds is 10. The van der Waals surface area contributed by atoms with Crippen molar-refractivity contribution in [3.05, 3.63) is 53.9 Å². The highest BCUT2D eigenvalue weighted by Gasteiger charge is 2.14. The summed E-state index contributed by atoms with van der Waals surface area (Å²) in [6.45, 7) is 2.65. The standard InChI is InChI=1S/C21H24N4O4S/c1-5-28-20-17(26-2)11-15(12-18(20)27-3)13-22-25-19(23-24-21(25)30-4)14-29-16-9-7-6-8-10-16/h6-13H,5,14H2,1-4H3/b22-13-. The molecular formula is C21H24N4O4S. The lowest BCUT2D eigenvalue weighted by Crippen LogP contribution is -2.05. The molecule has 3 rings (SSSR count). The number of para-hydroxylation sites is 1. The highest BCUT2D eigenvalue weighted by atomic mass is 32.2. The third kappa shape index (κ3) is 5.04. The fraction of sp³-hybridized carbons (Fsp3) is 0.286. The summed E-state index contributed by atoms with van der Waals surface area (Å²) in [6.07, 6.45) is 3.61. The van der Waals surface area contributed by atoms with Crippen molar-refractivity contribution in [3.63, 3.8) is 0 Å². The van der Waals surface area contributed by atoms with Crippen molar-refractivity contribution in [1.29, 1.82) is 0 Å². The van der Waals surface area contributed by atoms with Crippen LogP contribution in [0.1, 0.15) is 18.3 Å². The number of methoxy groups -OCH3 is 2. The second-order valence-corrected chi connectivity index (χ2v) is 6.72. The topological polar surface area (TPSA) is 80.0 Å². The summed E-state index contributed by atoms with van der Waals surface area (Å²) in [7, 11) is 3.17. The normalized spacial score (nSPS) is 10.9. The third-order valence-electron chi connectivity index (χ3n) is 4.06. The van der Waals surface area contributed by atoms with E-state index in [2.05, 4.69) is 15.3 Å². The van der Waals surface area contributed by atoms with Gasteiger partial charge in [0.25, 0.3) is 0 Å². The third-order valence-corrected chi connectivity index (χ3v) is 4.68. The average Bonchev–Trinajstić information content (AvgIpc) is 3.19. The Labute approximate surface area is 179 Å². The van der Waals surface area contributed by atoms with Crippen LogP contribution in [0.25, 0.3) is 0 Å². The molecular weight excluding hydrogens is 404 g/mol. The molecule has 0 atom stereocenters. The van der Waals surface area contributed by atoms with E-state index in [0.29, 0.717) is 34.8 Å². The van der Waals surface area contributed by atoms with E-state index in [-0.39, 0.29) is 6.61 Å². The Morgan fingerprint density at radius 3 is 2.33 bits per heavy atom. The zero-order chi connectivity index (χ0) is 21.3. The van der Waals surface area contributed by atoms with Crippen molar-refractivity contribution >= 4 is 18.0 Å². The molecule has 0 fully saturated rings.